The minimum absolute atomic E-state index is 1.37. The molecule has 0 spiro atoms. The maximum absolute atomic E-state index is 2.39. The van der Waals surface area contributed by atoms with Crippen LogP contribution in [0.15, 0.2) is 23.1 Å². The van der Waals surface area contributed by atoms with E-state index in [0.717, 1.165) is 0 Å². The largest absolute Gasteiger partial charge is 0.129 e. The number of benzene rings is 1. The third-order valence-corrected chi connectivity index (χ3v) is 4.83. The second-order valence-electron chi connectivity index (χ2n) is 2.88. The van der Waals surface area contributed by atoms with Gasteiger partial charge in [-0.2, -0.15) is 0 Å². The number of rotatable bonds is 1. The van der Waals surface area contributed by atoms with Crippen LogP contribution in [0.25, 0.3) is 10.1 Å². The fourth-order valence-corrected chi connectivity index (χ4v) is 4.10. The van der Waals surface area contributed by atoms with E-state index in [9.17, 15) is 0 Å². The average molecular weight is 320 g/mol. The molecule has 0 fully saturated rings. The molecule has 1 heterocycles. The smallest absolute Gasteiger partial charge is 0.0666 e. The molecule has 0 N–H and O–H groups in total. The van der Waals surface area contributed by atoms with Crippen molar-refractivity contribution in [2.24, 2.45) is 0 Å². The first-order valence-electron chi connectivity index (χ1n) is 3.95. The first kappa shape index (κ1) is 9.80. The van der Waals surface area contributed by atoms with E-state index in [-0.39, 0.29) is 0 Å². The molecule has 1 aromatic carbocycles. The van der Waals surface area contributed by atoms with E-state index < -0.39 is 0 Å². The van der Waals surface area contributed by atoms with Gasteiger partial charge in [-0.15, -0.1) is 23.1 Å². The molecule has 0 saturated carbocycles. The Morgan fingerprint density at radius 1 is 1.38 bits per heavy atom. The zero-order chi connectivity index (χ0) is 9.42. The van der Waals surface area contributed by atoms with Crippen LogP contribution in [0.4, 0.5) is 0 Å². The average Bonchev–Trinajstić information content (AvgIpc) is 2.45. The summed E-state index contributed by atoms with van der Waals surface area (Å²) in [5.74, 6) is 0. The standard InChI is InChI=1S/C10H9IS2/c1-6-3-4-8-7(10(6)12-2)5-9(11)13-8/h3-5H,1-2H3. The van der Waals surface area contributed by atoms with Gasteiger partial charge >= 0.3 is 0 Å². The number of halogens is 1. The number of hydrogen-bond donors (Lipinski definition) is 0. The molecule has 0 aliphatic rings. The van der Waals surface area contributed by atoms with Crippen LogP contribution in [0.5, 0.6) is 0 Å². The highest BCUT2D eigenvalue weighted by molar-refractivity contribution is 14.1. The van der Waals surface area contributed by atoms with Crippen LogP contribution in [0.3, 0.4) is 0 Å². The Kier molecular flexibility index (Phi) is 2.86. The monoisotopic (exact) mass is 320 g/mol. The Morgan fingerprint density at radius 3 is 2.85 bits per heavy atom. The van der Waals surface area contributed by atoms with Crippen molar-refractivity contribution < 1.29 is 0 Å². The predicted molar refractivity (Wildman–Crippen MR) is 71.1 cm³/mol. The highest BCUT2D eigenvalue weighted by Crippen LogP contribution is 2.35. The fraction of sp³-hybridized carbons (Fsp3) is 0.200. The molecular formula is C10H9IS2. The Bertz CT molecular complexity index is 445. The summed E-state index contributed by atoms with van der Waals surface area (Å²) in [6.07, 6.45) is 2.15. The number of fused-ring (bicyclic) bond motifs is 1. The summed E-state index contributed by atoms with van der Waals surface area (Å²) in [7, 11) is 0. The van der Waals surface area contributed by atoms with Gasteiger partial charge < -0.3 is 0 Å². The van der Waals surface area contributed by atoms with Crippen molar-refractivity contribution in [1.82, 2.24) is 0 Å². The van der Waals surface area contributed by atoms with Crippen LogP contribution in [0, 0.1) is 9.81 Å². The highest BCUT2D eigenvalue weighted by Gasteiger charge is 2.06. The summed E-state index contributed by atoms with van der Waals surface area (Å²) in [5.41, 5.74) is 1.38. The van der Waals surface area contributed by atoms with Gasteiger partial charge in [-0.25, -0.2) is 0 Å². The quantitative estimate of drug-likeness (QED) is 0.549. The van der Waals surface area contributed by atoms with E-state index in [4.69, 9.17) is 0 Å². The van der Waals surface area contributed by atoms with E-state index in [1.54, 1.807) is 0 Å². The molecule has 0 amide bonds. The maximum Gasteiger partial charge on any atom is 0.0666 e. The lowest BCUT2D eigenvalue weighted by Gasteiger charge is -2.02. The predicted octanol–water partition coefficient (Wildman–Crippen LogP) is 4.54. The molecule has 2 rings (SSSR count). The topological polar surface area (TPSA) is 0 Å². The third kappa shape index (κ3) is 1.74. The van der Waals surface area contributed by atoms with E-state index >= 15 is 0 Å². The van der Waals surface area contributed by atoms with Crippen molar-refractivity contribution in [2.45, 2.75) is 11.8 Å². The summed E-state index contributed by atoms with van der Waals surface area (Å²) in [6.45, 7) is 2.18. The van der Waals surface area contributed by atoms with Gasteiger partial charge in [0.1, 0.15) is 0 Å². The van der Waals surface area contributed by atoms with Gasteiger partial charge in [0, 0.05) is 15.0 Å². The zero-order valence-corrected chi connectivity index (χ0v) is 11.2. The SMILES string of the molecule is CSc1c(C)ccc2sc(I)cc12. The molecule has 0 aliphatic heterocycles. The minimum Gasteiger partial charge on any atom is -0.129 e. The Morgan fingerprint density at radius 2 is 2.15 bits per heavy atom. The first-order valence-corrected chi connectivity index (χ1v) is 7.07. The summed E-state index contributed by atoms with van der Waals surface area (Å²) in [6, 6.07) is 6.71. The Labute approximate surface area is 99.9 Å². The van der Waals surface area contributed by atoms with Gasteiger partial charge in [0.25, 0.3) is 0 Å². The van der Waals surface area contributed by atoms with E-state index in [1.807, 2.05) is 23.1 Å². The summed E-state index contributed by atoms with van der Waals surface area (Å²) >= 11 is 6.09. The van der Waals surface area contributed by atoms with Gasteiger partial charge in [-0.05, 0) is 53.5 Å². The number of aryl methyl sites for hydroxylation is 1. The molecule has 1 aromatic heterocycles. The molecular weight excluding hydrogens is 311 g/mol. The van der Waals surface area contributed by atoms with E-state index in [2.05, 4.69) is 54.0 Å². The molecule has 2 aromatic rings. The summed E-state index contributed by atoms with van der Waals surface area (Å²) in [4.78, 5) is 1.43. The molecule has 0 bridgehead atoms. The number of thiophene rings is 1. The molecule has 0 aliphatic carbocycles. The zero-order valence-electron chi connectivity index (χ0n) is 7.43. The molecule has 0 saturated heterocycles. The van der Waals surface area contributed by atoms with Crippen molar-refractivity contribution in [1.29, 1.82) is 0 Å². The van der Waals surface area contributed by atoms with E-state index in [0.29, 0.717) is 0 Å². The second-order valence-corrected chi connectivity index (χ2v) is 6.67. The van der Waals surface area contributed by atoms with Crippen molar-refractivity contribution in [2.75, 3.05) is 6.26 Å². The van der Waals surface area contributed by atoms with Crippen LogP contribution >= 0.6 is 45.7 Å². The van der Waals surface area contributed by atoms with Gasteiger partial charge in [0.05, 0.1) is 2.88 Å². The van der Waals surface area contributed by atoms with Gasteiger partial charge in [-0.1, -0.05) is 6.07 Å². The molecule has 0 unspecified atom stereocenters. The van der Waals surface area contributed by atoms with Crippen molar-refractivity contribution in [3.05, 3.63) is 26.6 Å². The molecule has 0 atom stereocenters. The first-order chi connectivity index (χ1) is 6.22. The van der Waals surface area contributed by atoms with Crippen LogP contribution in [-0.4, -0.2) is 6.26 Å². The van der Waals surface area contributed by atoms with Crippen LogP contribution in [-0.2, 0) is 0 Å². The summed E-state index contributed by atoms with van der Waals surface area (Å²) in [5, 5.41) is 1.42. The Hall–Kier alpha value is 0.260. The highest BCUT2D eigenvalue weighted by atomic mass is 127. The molecule has 13 heavy (non-hydrogen) atoms. The minimum atomic E-state index is 1.37. The lowest BCUT2D eigenvalue weighted by molar-refractivity contribution is 1.36. The fourth-order valence-electron chi connectivity index (χ4n) is 1.44. The second kappa shape index (κ2) is 3.79. The van der Waals surface area contributed by atoms with Crippen LogP contribution in [0.1, 0.15) is 5.56 Å². The van der Waals surface area contributed by atoms with Crippen molar-refractivity contribution in [3.63, 3.8) is 0 Å². The lowest BCUT2D eigenvalue weighted by Crippen LogP contribution is -1.77. The Balaban J connectivity index is 2.82. The molecule has 68 valence electrons. The van der Waals surface area contributed by atoms with Gasteiger partial charge in [0.2, 0.25) is 0 Å². The molecule has 3 heteroatoms. The molecule has 0 radical (unpaired) electrons. The van der Waals surface area contributed by atoms with Crippen molar-refractivity contribution in [3.8, 4) is 0 Å². The maximum atomic E-state index is 2.39. The molecule has 0 nitrogen and oxygen atoms in total. The normalized spacial score (nSPS) is 11.0. The van der Waals surface area contributed by atoms with Crippen LogP contribution in [0.2, 0.25) is 0 Å². The van der Waals surface area contributed by atoms with Crippen molar-refractivity contribution >= 4 is 55.8 Å². The van der Waals surface area contributed by atoms with Crippen LogP contribution < -0.4 is 0 Å². The number of thioether (sulfide) groups is 1. The summed E-state index contributed by atoms with van der Waals surface area (Å²) < 4.78 is 2.77. The number of hydrogen-bond acceptors (Lipinski definition) is 2. The lowest BCUT2D eigenvalue weighted by atomic mass is 10.2. The van der Waals surface area contributed by atoms with E-state index in [1.165, 1.54) is 23.4 Å². The third-order valence-electron chi connectivity index (χ3n) is 2.02. The van der Waals surface area contributed by atoms with Gasteiger partial charge in [0.15, 0.2) is 0 Å². The van der Waals surface area contributed by atoms with Gasteiger partial charge in [-0.3, -0.25) is 0 Å².